The normalized spacial score (nSPS) is 39.5. The molecule has 0 aromatic carbocycles. The largest absolute Gasteiger partial charge is 0.376 e. The molecule has 1 saturated carbocycles. The van der Waals surface area contributed by atoms with Gasteiger partial charge in [-0.25, -0.2) is 0 Å². The Hall–Kier alpha value is -1.93. The van der Waals surface area contributed by atoms with Gasteiger partial charge in [-0.05, 0) is 53.4 Å². The summed E-state index contributed by atoms with van der Waals surface area (Å²) in [5.41, 5.74) is -2.52. The van der Waals surface area contributed by atoms with Crippen LogP contribution in [0.2, 0.25) is 0 Å². The van der Waals surface area contributed by atoms with Crippen molar-refractivity contribution in [1.29, 1.82) is 0 Å². The Balaban J connectivity index is 1.47. The fourth-order valence-electron chi connectivity index (χ4n) is 6.81. The lowest BCUT2D eigenvalue weighted by atomic mass is 9.70. The van der Waals surface area contributed by atoms with Crippen molar-refractivity contribution in [3.05, 3.63) is 12.2 Å². The standard InChI is InChI=1S/C26H39N3O5/c1-24(2,3)28-22(31)20-26-13-12-25(4,34-26)18(21(30)27-16-9-6-5-7-10-16)19(26)23(32)29(20)15-17-11-8-14-33-17/h12-13,16-20H,5-11,14-15H2,1-4H3,(H,27,30)(H,28,31)/t17-,18+,19-,20+,25-,26+/m0/s1. The number of rotatable bonds is 5. The smallest absolute Gasteiger partial charge is 0.246 e. The number of hydrogen-bond acceptors (Lipinski definition) is 5. The Morgan fingerprint density at radius 3 is 2.47 bits per heavy atom. The highest BCUT2D eigenvalue weighted by Gasteiger charge is 2.76. The minimum Gasteiger partial charge on any atom is -0.376 e. The number of carbonyl (C=O) groups excluding carboxylic acids is 3. The summed E-state index contributed by atoms with van der Waals surface area (Å²) < 4.78 is 12.4. The van der Waals surface area contributed by atoms with Crippen LogP contribution in [-0.4, -0.2) is 70.7 Å². The van der Waals surface area contributed by atoms with Crippen LogP contribution in [0.5, 0.6) is 0 Å². The van der Waals surface area contributed by atoms with Gasteiger partial charge in [0.05, 0.1) is 23.5 Å². The minimum absolute atomic E-state index is 0.101. The first-order valence-electron chi connectivity index (χ1n) is 13.0. The van der Waals surface area contributed by atoms with Gasteiger partial charge in [0.15, 0.2) is 0 Å². The van der Waals surface area contributed by atoms with Crippen LogP contribution in [0.1, 0.15) is 72.6 Å². The summed E-state index contributed by atoms with van der Waals surface area (Å²) in [6, 6.07) is -0.692. The molecule has 4 aliphatic heterocycles. The molecule has 2 N–H and O–H groups in total. The Bertz CT molecular complexity index is 885. The van der Waals surface area contributed by atoms with Crippen molar-refractivity contribution in [2.45, 2.75) is 108 Å². The summed E-state index contributed by atoms with van der Waals surface area (Å²) in [6.45, 7) is 8.65. The van der Waals surface area contributed by atoms with E-state index >= 15 is 0 Å². The number of fused-ring (bicyclic) bond motifs is 1. The molecule has 3 saturated heterocycles. The first kappa shape index (κ1) is 23.8. The molecule has 5 aliphatic rings. The van der Waals surface area contributed by atoms with Crippen molar-refractivity contribution in [1.82, 2.24) is 15.5 Å². The molecule has 0 aromatic heterocycles. The van der Waals surface area contributed by atoms with Crippen LogP contribution in [0, 0.1) is 11.8 Å². The molecular weight excluding hydrogens is 434 g/mol. The van der Waals surface area contributed by atoms with Gasteiger partial charge in [0.1, 0.15) is 11.6 Å². The first-order valence-corrected chi connectivity index (χ1v) is 13.0. The van der Waals surface area contributed by atoms with E-state index in [0.717, 1.165) is 38.5 Å². The van der Waals surface area contributed by atoms with Crippen LogP contribution < -0.4 is 10.6 Å². The monoisotopic (exact) mass is 473 g/mol. The van der Waals surface area contributed by atoms with Gasteiger partial charge in [0.25, 0.3) is 0 Å². The predicted octanol–water partition coefficient (Wildman–Crippen LogP) is 2.07. The third kappa shape index (κ3) is 3.87. The number of hydrogen-bond donors (Lipinski definition) is 2. The molecule has 4 heterocycles. The zero-order chi connectivity index (χ0) is 24.3. The Labute approximate surface area is 202 Å². The summed E-state index contributed by atoms with van der Waals surface area (Å²) >= 11 is 0. The maximum absolute atomic E-state index is 14.0. The third-order valence-corrected chi connectivity index (χ3v) is 8.20. The fraction of sp³-hybridized carbons (Fsp3) is 0.808. The van der Waals surface area contributed by atoms with E-state index in [1.807, 2.05) is 39.8 Å². The van der Waals surface area contributed by atoms with Gasteiger partial charge in [0.2, 0.25) is 17.7 Å². The van der Waals surface area contributed by atoms with E-state index in [-0.39, 0.29) is 29.9 Å². The zero-order valence-corrected chi connectivity index (χ0v) is 20.9. The van der Waals surface area contributed by atoms with Crippen molar-refractivity contribution in [2.24, 2.45) is 11.8 Å². The van der Waals surface area contributed by atoms with Crippen LogP contribution >= 0.6 is 0 Å². The predicted molar refractivity (Wildman–Crippen MR) is 126 cm³/mol. The molecule has 8 nitrogen and oxygen atoms in total. The molecule has 188 valence electrons. The van der Waals surface area contributed by atoms with Gasteiger partial charge in [0, 0.05) is 24.7 Å². The Morgan fingerprint density at radius 1 is 1.09 bits per heavy atom. The summed E-state index contributed by atoms with van der Waals surface area (Å²) in [4.78, 5) is 42.9. The Morgan fingerprint density at radius 2 is 1.82 bits per heavy atom. The van der Waals surface area contributed by atoms with Crippen LogP contribution in [0.3, 0.4) is 0 Å². The maximum Gasteiger partial charge on any atom is 0.246 e. The lowest BCUT2D eigenvalue weighted by Gasteiger charge is -2.35. The van der Waals surface area contributed by atoms with Gasteiger partial charge in [-0.3, -0.25) is 14.4 Å². The number of ether oxygens (including phenoxy) is 2. The summed E-state index contributed by atoms with van der Waals surface area (Å²) in [7, 11) is 0. The highest BCUT2D eigenvalue weighted by molar-refractivity contribution is 6.00. The highest BCUT2D eigenvalue weighted by atomic mass is 16.5. The van der Waals surface area contributed by atoms with E-state index in [0.29, 0.717) is 13.2 Å². The van der Waals surface area contributed by atoms with E-state index in [9.17, 15) is 14.4 Å². The number of likely N-dealkylation sites (tertiary alicyclic amines) is 1. The summed E-state index contributed by atoms with van der Waals surface area (Å²) in [5.74, 6) is -1.94. The van der Waals surface area contributed by atoms with E-state index in [1.54, 1.807) is 4.90 Å². The SMILES string of the molecule is CC(C)(C)NC(=O)[C@H]1N(C[C@@H]2CCCO2)C(=O)[C@@H]2[C@H](C(=O)NC3CCCCC3)[C@]3(C)C=C[C@@]21O3. The van der Waals surface area contributed by atoms with Crippen LogP contribution in [0.25, 0.3) is 0 Å². The zero-order valence-electron chi connectivity index (χ0n) is 20.9. The molecular formula is C26H39N3O5. The van der Waals surface area contributed by atoms with Crippen molar-refractivity contribution in [3.8, 4) is 0 Å². The molecule has 5 rings (SSSR count). The molecule has 1 aliphatic carbocycles. The molecule has 0 radical (unpaired) electrons. The second-order valence-corrected chi connectivity index (χ2v) is 12.0. The van der Waals surface area contributed by atoms with Crippen LogP contribution in [0.15, 0.2) is 12.2 Å². The second kappa shape index (κ2) is 8.33. The number of nitrogens with one attached hydrogen (secondary N) is 2. The van der Waals surface area contributed by atoms with Crippen molar-refractivity contribution in [2.75, 3.05) is 13.2 Å². The van der Waals surface area contributed by atoms with Crippen molar-refractivity contribution < 1.29 is 23.9 Å². The molecule has 3 amide bonds. The number of nitrogens with zero attached hydrogens (tertiary/aromatic N) is 1. The van der Waals surface area contributed by atoms with Crippen LogP contribution in [-0.2, 0) is 23.9 Å². The van der Waals surface area contributed by atoms with Gasteiger partial charge < -0.3 is 25.0 Å². The average Bonchev–Trinajstić information content (AvgIpc) is 3.48. The molecule has 8 heteroatoms. The molecule has 2 bridgehead atoms. The number of amides is 3. The molecule has 6 atom stereocenters. The second-order valence-electron chi connectivity index (χ2n) is 12.0. The van der Waals surface area contributed by atoms with Gasteiger partial charge in [-0.1, -0.05) is 31.4 Å². The van der Waals surface area contributed by atoms with Crippen LogP contribution in [0.4, 0.5) is 0 Å². The average molecular weight is 474 g/mol. The molecule has 34 heavy (non-hydrogen) atoms. The summed E-state index contributed by atoms with van der Waals surface area (Å²) in [5, 5.41) is 6.28. The Kier molecular flexibility index (Phi) is 5.83. The quantitative estimate of drug-likeness (QED) is 0.596. The van der Waals surface area contributed by atoms with E-state index < -0.39 is 34.6 Å². The maximum atomic E-state index is 14.0. The number of carbonyl (C=O) groups is 3. The highest BCUT2D eigenvalue weighted by Crippen LogP contribution is 2.59. The molecule has 0 unspecified atom stereocenters. The van der Waals surface area contributed by atoms with E-state index in [4.69, 9.17) is 9.47 Å². The minimum atomic E-state index is -1.14. The van der Waals surface area contributed by atoms with Crippen molar-refractivity contribution in [3.63, 3.8) is 0 Å². The molecule has 1 spiro atoms. The lowest BCUT2D eigenvalue weighted by molar-refractivity contribution is -0.147. The lowest BCUT2D eigenvalue weighted by Crippen LogP contribution is -2.58. The van der Waals surface area contributed by atoms with Gasteiger partial charge >= 0.3 is 0 Å². The van der Waals surface area contributed by atoms with Crippen molar-refractivity contribution >= 4 is 17.7 Å². The molecule has 4 fully saturated rings. The molecule has 0 aromatic rings. The topological polar surface area (TPSA) is 97.0 Å². The van der Waals surface area contributed by atoms with Gasteiger partial charge in [-0.15, -0.1) is 0 Å². The van der Waals surface area contributed by atoms with E-state index in [2.05, 4.69) is 10.6 Å². The summed E-state index contributed by atoms with van der Waals surface area (Å²) in [6.07, 6.45) is 10.8. The van der Waals surface area contributed by atoms with Gasteiger partial charge in [-0.2, -0.15) is 0 Å². The third-order valence-electron chi connectivity index (χ3n) is 8.20. The fourth-order valence-corrected chi connectivity index (χ4v) is 6.81. The van der Waals surface area contributed by atoms with E-state index in [1.165, 1.54) is 6.42 Å². The first-order chi connectivity index (χ1) is 16.0.